The quantitative estimate of drug-likeness (QED) is 0.307. The SMILES string of the molecule is CC(C)(C)OC(=O)N1CCC(C2CCN(c3cc(Cl)ncn3)CC2)CC1.CNc1cc(N2CCC(C3CCN(C(=O)OC(C)(C)C)CC3)CC2)ncn1. The van der Waals surface area contributed by atoms with Crippen LogP contribution in [-0.4, -0.2) is 113 Å². The van der Waals surface area contributed by atoms with Crippen molar-refractivity contribution in [3.05, 3.63) is 29.9 Å². The number of nitrogens with one attached hydrogen (secondary N) is 1. The molecule has 2 aromatic rings. The average molecular weight is 756 g/mol. The molecule has 14 heteroatoms. The van der Waals surface area contributed by atoms with Crippen molar-refractivity contribution in [3.8, 4) is 0 Å². The van der Waals surface area contributed by atoms with Crippen molar-refractivity contribution in [2.24, 2.45) is 23.7 Å². The van der Waals surface area contributed by atoms with E-state index in [1.54, 1.807) is 6.33 Å². The maximum Gasteiger partial charge on any atom is 0.410 e. The molecule has 0 unspecified atom stereocenters. The lowest BCUT2D eigenvalue weighted by atomic mass is 9.79. The van der Waals surface area contributed by atoms with Crippen LogP contribution in [0.15, 0.2) is 24.8 Å². The normalized spacial score (nSPS) is 20.1. The van der Waals surface area contributed by atoms with Crippen LogP contribution in [0.5, 0.6) is 0 Å². The van der Waals surface area contributed by atoms with Gasteiger partial charge in [-0.3, -0.25) is 0 Å². The molecule has 1 N–H and O–H groups in total. The van der Waals surface area contributed by atoms with Gasteiger partial charge in [-0.1, -0.05) is 11.6 Å². The first-order valence-corrected chi connectivity index (χ1v) is 20.0. The van der Waals surface area contributed by atoms with Crippen LogP contribution >= 0.6 is 11.6 Å². The summed E-state index contributed by atoms with van der Waals surface area (Å²) in [5.41, 5.74) is -0.848. The van der Waals surface area contributed by atoms with Crippen LogP contribution in [0, 0.1) is 23.7 Å². The number of anilines is 3. The summed E-state index contributed by atoms with van der Waals surface area (Å²) in [5.74, 6) is 5.67. The van der Waals surface area contributed by atoms with E-state index in [1.165, 1.54) is 32.0 Å². The summed E-state index contributed by atoms with van der Waals surface area (Å²) < 4.78 is 11.0. The number of carbonyl (C=O) groups is 2. The number of rotatable bonds is 5. The molecule has 4 saturated heterocycles. The highest BCUT2D eigenvalue weighted by Gasteiger charge is 2.34. The third-order valence-corrected chi connectivity index (χ3v) is 11.2. The predicted molar refractivity (Wildman–Crippen MR) is 210 cm³/mol. The molecule has 2 aromatic heterocycles. The summed E-state index contributed by atoms with van der Waals surface area (Å²) in [6.07, 6.45) is 11.8. The summed E-state index contributed by atoms with van der Waals surface area (Å²) in [4.78, 5) is 49.7. The van der Waals surface area contributed by atoms with Gasteiger partial charge < -0.3 is 34.4 Å². The maximum absolute atomic E-state index is 12.2. The van der Waals surface area contributed by atoms with Crippen LogP contribution < -0.4 is 15.1 Å². The van der Waals surface area contributed by atoms with Crippen LogP contribution in [0.25, 0.3) is 0 Å². The van der Waals surface area contributed by atoms with Crippen LogP contribution in [0.2, 0.25) is 5.15 Å². The number of aromatic nitrogens is 4. The minimum atomic E-state index is -0.426. The number of piperidine rings is 4. The Morgan fingerprint density at radius 2 is 0.962 bits per heavy atom. The fourth-order valence-electron chi connectivity index (χ4n) is 8.11. The van der Waals surface area contributed by atoms with Crippen LogP contribution in [0.3, 0.4) is 0 Å². The smallest absolute Gasteiger partial charge is 0.410 e. The molecule has 13 nitrogen and oxygen atoms in total. The van der Waals surface area contributed by atoms with Gasteiger partial charge in [0.1, 0.15) is 46.5 Å². The van der Waals surface area contributed by atoms with Gasteiger partial charge in [-0.05, 0) is 117 Å². The standard InChI is InChI=1S/C20H33N5O2.C19H29ClN4O2/c1-20(2,3)27-19(26)25-11-7-16(8-12-25)15-5-9-24(10-6-15)18-13-17(21-4)22-14-23-18;1-19(2,3)26-18(25)24-10-6-15(7-11-24)14-4-8-23(9-5-14)17-12-16(20)21-13-22-17/h13-16H,5-12H2,1-4H3,(H,21,22,23);12-15H,4-11H2,1-3H3. The average Bonchev–Trinajstić information content (AvgIpc) is 3.14. The molecular weight excluding hydrogens is 694 g/mol. The third-order valence-electron chi connectivity index (χ3n) is 11.0. The molecule has 0 spiro atoms. The molecule has 2 amide bonds. The molecule has 0 radical (unpaired) electrons. The zero-order chi connectivity index (χ0) is 38.2. The number of carbonyl (C=O) groups excluding carboxylic acids is 2. The van der Waals surface area contributed by atoms with Crippen molar-refractivity contribution >= 4 is 41.2 Å². The Morgan fingerprint density at radius 3 is 1.32 bits per heavy atom. The van der Waals surface area contributed by atoms with E-state index in [-0.39, 0.29) is 12.2 Å². The summed E-state index contributed by atoms with van der Waals surface area (Å²) in [5, 5.41) is 3.57. The number of halogens is 1. The number of amides is 2. The largest absolute Gasteiger partial charge is 0.444 e. The Labute approximate surface area is 321 Å². The third kappa shape index (κ3) is 12.2. The number of likely N-dealkylation sites (tertiary alicyclic amines) is 2. The molecule has 6 heterocycles. The van der Waals surface area contributed by atoms with Gasteiger partial charge in [-0.25, -0.2) is 29.5 Å². The molecule has 0 saturated carbocycles. The zero-order valence-electron chi connectivity index (χ0n) is 33.0. The molecule has 4 aliphatic rings. The molecule has 0 aromatic carbocycles. The zero-order valence-corrected chi connectivity index (χ0v) is 33.8. The van der Waals surface area contributed by atoms with Crippen molar-refractivity contribution in [2.75, 3.05) is 74.5 Å². The van der Waals surface area contributed by atoms with Crippen molar-refractivity contribution in [2.45, 2.75) is 104 Å². The van der Waals surface area contributed by atoms with Gasteiger partial charge in [-0.15, -0.1) is 0 Å². The van der Waals surface area contributed by atoms with E-state index in [2.05, 4.69) is 35.1 Å². The topological polar surface area (TPSA) is 129 Å². The Morgan fingerprint density at radius 1 is 0.604 bits per heavy atom. The van der Waals surface area contributed by atoms with E-state index < -0.39 is 11.2 Å². The summed E-state index contributed by atoms with van der Waals surface area (Å²) >= 11 is 5.97. The Kier molecular flexibility index (Phi) is 13.9. The minimum Gasteiger partial charge on any atom is -0.444 e. The van der Waals surface area contributed by atoms with E-state index in [0.29, 0.717) is 17.0 Å². The van der Waals surface area contributed by atoms with Gasteiger partial charge >= 0.3 is 12.2 Å². The van der Waals surface area contributed by atoms with Crippen LogP contribution in [0.4, 0.5) is 27.0 Å². The summed E-state index contributed by atoms with van der Waals surface area (Å²) in [6, 6.07) is 3.85. The molecule has 4 aliphatic heterocycles. The molecule has 4 fully saturated rings. The second-order valence-corrected chi connectivity index (χ2v) is 17.4. The number of hydrogen-bond donors (Lipinski definition) is 1. The Balaban J connectivity index is 0.000000204. The molecule has 0 aliphatic carbocycles. The Bertz CT molecular complexity index is 1470. The predicted octanol–water partition coefficient (Wildman–Crippen LogP) is 7.38. The highest BCUT2D eigenvalue weighted by molar-refractivity contribution is 6.29. The van der Waals surface area contributed by atoms with E-state index in [1.807, 2.05) is 70.5 Å². The van der Waals surface area contributed by atoms with Crippen molar-refractivity contribution in [3.63, 3.8) is 0 Å². The minimum absolute atomic E-state index is 0.167. The maximum atomic E-state index is 12.2. The van der Waals surface area contributed by atoms with Gasteiger partial charge in [0.2, 0.25) is 0 Å². The van der Waals surface area contributed by atoms with Gasteiger partial charge in [0.05, 0.1) is 0 Å². The van der Waals surface area contributed by atoms with Crippen LogP contribution in [0.1, 0.15) is 92.9 Å². The van der Waals surface area contributed by atoms with E-state index >= 15 is 0 Å². The second kappa shape index (κ2) is 18.1. The van der Waals surface area contributed by atoms with E-state index in [9.17, 15) is 9.59 Å². The fraction of sp³-hybridized carbons (Fsp3) is 0.744. The highest BCUT2D eigenvalue weighted by Crippen LogP contribution is 2.35. The molecule has 294 valence electrons. The van der Waals surface area contributed by atoms with E-state index in [4.69, 9.17) is 21.1 Å². The first kappa shape index (κ1) is 40.6. The van der Waals surface area contributed by atoms with E-state index in [0.717, 1.165) is 107 Å². The summed E-state index contributed by atoms with van der Waals surface area (Å²) in [7, 11) is 1.88. The Hall–Kier alpha value is -3.61. The first-order chi connectivity index (χ1) is 25.2. The molecular formula is C39H62ClN9O4. The lowest BCUT2D eigenvalue weighted by Crippen LogP contribution is -2.44. The lowest BCUT2D eigenvalue weighted by Gasteiger charge is -2.40. The number of hydrogen-bond acceptors (Lipinski definition) is 11. The second-order valence-electron chi connectivity index (χ2n) is 17.0. The van der Waals surface area contributed by atoms with Gasteiger partial charge in [-0.2, -0.15) is 0 Å². The van der Waals surface area contributed by atoms with Crippen molar-refractivity contribution in [1.29, 1.82) is 0 Å². The van der Waals surface area contributed by atoms with Crippen molar-refractivity contribution in [1.82, 2.24) is 29.7 Å². The van der Waals surface area contributed by atoms with Gasteiger partial charge in [0, 0.05) is 71.5 Å². The molecule has 53 heavy (non-hydrogen) atoms. The number of ether oxygens (including phenoxy) is 2. The first-order valence-electron chi connectivity index (χ1n) is 19.6. The summed E-state index contributed by atoms with van der Waals surface area (Å²) in [6.45, 7) is 18.8. The molecule has 0 bridgehead atoms. The van der Waals surface area contributed by atoms with Gasteiger partial charge in [0.25, 0.3) is 0 Å². The monoisotopic (exact) mass is 755 g/mol. The van der Waals surface area contributed by atoms with Crippen LogP contribution in [-0.2, 0) is 9.47 Å². The molecule has 0 atom stereocenters. The molecule has 6 rings (SSSR count). The number of nitrogens with zero attached hydrogens (tertiary/aromatic N) is 8. The lowest BCUT2D eigenvalue weighted by molar-refractivity contribution is 0.0142. The fourth-order valence-corrected chi connectivity index (χ4v) is 8.25. The van der Waals surface area contributed by atoms with Crippen molar-refractivity contribution < 1.29 is 19.1 Å². The highest BCUT2D eigenvalue weighted by atomic mass is 35.5. The van der Waals surface area contributed by atoms with Gasteiger partial charge in [0.15, 0.2) is 0 Å².